The predicted octanol–water partition coefficient (Wildman–Crippen LogP) is 3.23. The monoisotopic (exact) mass is 319 g/mol. The summed E-state index contributed by atoms with van der Waals surface area (Å²) in [4.78, 5) is 30.2. The molecule has 0 saturated heterocycles. The SMILES string of the molecule is CN(C(=O)CC(=O)Nc1cccc2cccnc12)c1ccccc1. The van der Waals surface area contributed by atoms with E-state index in [0.29, 0.717) is 11.2 Å². The quantitative estimate of drug-likeness (QED) is 0.751. The maximum absolute atomic E-state index is 12.3. The van der Waals surface area contributed by atoms with Crippen molar-refractivity contribution in [1.29, 1.82) is 0 Å². The van der Waals surface area contributed by atoms with Crippen molar-refractivity contribution in [3.63, 3.8) is 0 Å². The number of rotatable bonds is 4. The standard InChI is InChI=1S/C19H17N3O2/c1-22(15-9-3-2-4-10-15)18(24)13-17(23)21-16-11-5-7-14-8-6-12-20-19(14)16/h2-12H,13H2,1H3,(H,21,23). The van der Waals surface area contributed by atoms with Crippen LogP contribution in [0.1, 0.15) is 6.42 Å². The minimum atomic E-state index is -0.360. The second-order valence-corrected chi connectivity index (χ2v) is 5.39. The molecule has 3 rings (SSSR count). The average Bonchev–Trinajstić information content (AvgIpc) is 2.62. The zero-order valence-electron chi connectivity index (χ0n) is 13.3. The summed E-state index contributed by atoms with van der Waals surface area (Å²) in [6.45, 7) is 0. The van der Waals surface area contributed by atoms with E-state index in [2.05, 4.69) is 10.3 Å². The number of para-hydroxylation sites is 2. The number of aromatic nitrogens is 1. The zero-order chi connectivity index (χ0) is 16.9. The smallest absolute Gasteiger partial charge is 0.236 e. The van der Waals surface area contributed by atoms with Gasteiger partial charge in [0, 0.05) is 24.3 Å². The lowest BCUT2D eigenvalue weighted by Gasteiger charge is -2.17. The minimum Gasteiger partial charge on any atom is -0.324 e. The molecular weight excluding hydrogens is 302 g/mol. The van der Waals surface area contributed by atoms with Crippen molar-refractivity contribution in [1.82, 2.24) is 4.98 Å². The largest absolute Gasteiger partial charge is 0.324 e. The Bertz CT molecular complexity index is 873. The third-order valence-corrected chi connectivity index (χ3v) is 3.74. The van der Waals surface area contributed by atoms with Gasteiger partial charge in [-0.2, -0.15) is 0 Å². The molecule has 24 heavy (non-hydrogen) atoms. The van der Waals surface area contributed by atoms with Crippen molar-refractivity contribution in [2.45, 2.75) is 6.42 Å². The van der Waals surface area contributed by atoms with E-state index in [9.17, 15) is 9.59 Å². The molecular formula is C19H17N3O2. The molecule has 0 aliphatic heterocycles. The molecule has 5 nitrogen and oxygen atoms in total. The Morgan fingerprint density at radius 2 is 1.75 bits per heavy atom. The molecule has 1 heterocycles. The molecule has 0 atom stereocenters. The lowest BCUT2D eigenvalue weighted by atomic mass is 10.2. The van der Waals surface area contributed by atoms with Crippen LogP contribution in [0.25, 0.3) is 10.9 Å². The van der Waals surface area contributed by atoms with E-state index < -0.39 is 0 Å². The first-order valence-electron chi connectivity index (χ1n) is 7.60. The van der Waals surface area contributed by atoms with Gasteiger partial charge in [0.05, 0.1) is 11.2 Å². The van der Waals surface area contributed by atoms with Crippen molar-refractivity contribution in [2.24, 2.45) is 0 Å². The molecule has 0 aliphatic rings. The van der Waals surface area contributed by atoms with E-state index >= 15 is 0 Å². The third-order valence-electron chi connectivity index (χ3n) is 3.74. The number of benzene rings is 2. The van der Waals surface area contributed by atoms with Gasteiger partial charge in [-0.05, 0) is 24.3 Å². The highest BCUT2D eigenvalue weighted by molar-refractivity contribution is 6.10. The molecule has 3 aromatic rings. The number of carbonyl (C=O) groups is 2. The van der Waals surface area contributed by atoms with Gasteiger partial charge in [0.25, 0.3) is 0 Å². The summed E-state index contributed by atoms with van der Waals surface area (Å²) in [6, 6.07) is 18.5. The molecule has 0 bridgehead atoms. The zero-order valence-corrected chi connectivity index (χ0v) is 13.3. The van der Waals surface area contributed by atoms with Crippen molar-refractivity contribution >= 4 is 34.1 Å². The molecule has 2 aromatic carbocycles. The number of nitrogens with one attached hydrogen (secondary N) is 1. The molecule has 120 valence electrons. The molecule has 1 N–H and O–H groups in total. The number of nitrogens with zero attached hydrogens (tertiary/aromatic N) is 2. The normalized spacial score (nSPS) is 10.4. The summed E-state index contributed by atoms with van der Waals surface area (Å²) in [5.41, 5.74) is 2.06. The number of amides is 2. The summed E-state index contributed by atoms with van der Waals surface area (Å²) in [7, 11) is 1.66. The number of anilines is 2. The van der Waals surface area contributed by atoms with Gasteiger partial charge in [-0.1, -0.05) is 36.4 Å². The van der Waals surface area contributed by atoms with Gasteiger partial charge < -0.3 is 10.2 Å². The lowest BCUT2D eigenvalue weighted by Crippen LogP contribution is -2.30. The highest BCUT2D eigenvalue weighted by Gasteiger charge is 2.16. The third kappa shape index (κ3) is 3.41. The summed E-state index contributed by atoms with van der Waals surface area (Å²) in [5, 5.41) is 3.71. The maximum Gasteiger partial charge on any atom is 0.236 e. The Balaban J connectivity index is 1.70. The van der Waals surface area contributed by atoms with Gasteiger partial charge >= 0.3 is 0 Å². The van der Waals surface area contributed by atoms with Crippen LogP contribution in [0, 0.1) is 0 Å². The highest BCUT2D eigenvalue weighted by Crippen LogP contribution is 2.21. The topological polar surface area (TPSA) is 62.3 Å². The summed E-state index contributed by atoms with van der Waals surface area (Å²) in [5.74, 6) is -0.632. The number of hydrogen-bond donors (Lipinski definition) is 1. The van der Waals surface area contributed by atoms with E-state index in [-0.39, 0.29) is 18.2 Å². The summed E-state index contributed by atoms with van der Waals surface area (Å²) < 4.78 is 0. The molecule has 5 heteroatoms. The van der Waals surface area contributed by atoms with E-state index in [4.69, 9.17) is 0 Å². The van der Waals surface area contributed by atoms with Crippen molar-refractivity contribution in [2.75, 3.05) is 17.3 Å². The minimum absolute atomic E-state index is 0.228. The summed E-state index contributed by atoms with van der Waals surface area (Å²) in [6.07, 6.45) is 1.45. The maximum atomic E-state index is 12.3. The van der Waals surface area contributed by atoms with Crippen LogP contribution < -0.4 is 10.2 Å². The van der Waals surface area contributed by atoms with Crippen molar-refractivity contribution < 1.29 is 9.59 Å². The van der Waals surface area contributed by atoms with E-state index in [1.165, 1.54) is 4.90 Å². The Kier molecular flexibility index (Phi) is 4.52. The van der Waals surface area contributed by atoms with E-state index in [0.717, 1.165) is 11.1 Å². The van der Waals surface area contributed by atoms with Crippen LogP contribution in [0.4, 0.5) is 11.4 Å². The first-order chi connectivity index (χ1) is 11.6. The molecule has 0 saturated carbocycles. The molecule has 0 spiro atoms. The fourth-order valence-electron chi connectivity index (χ4n) is 2.45. The fourth-order valence-corrected chi connectivity index (χ4v) is 2.45. The van der Waals surface area contributed by atoms with Crippen LogP contribution in [0.5, 0.6) is 0 Å². The van der Waals surface area contributed by atoms with E-state index in [1.807, 2.05) is 54.6 Å². The Labute approximate surface area is 139 Å². The second kappa shape index (κ2) is 6.91. The number of hydrogen-bond acceptors (Lipinski definition) is 3. The molecule has 0 unspecified atom stereocenters. The molecule has 0 fully saturated rings. The van der Waals surface area contributed by atoms with Crippen LogP contribution in [-0.4, -0.2) is 23.8 Å². The van der Waals surface area contributed by atoms with Crippen LogP contribution in [0.3, 0.4) is 0 Å². The summed E-state index contributed by atoms with van der Waals surface area (Å²) >= 11 is 0. The molecule has 0 radical (unpaired) electrons. The van der Waals surface area contributed by atoms with Crippen molar-refractivity contribution in [3.05, 3.63) is 66.9 Å². The number of carbonyl (C=O) groups excluding carboxylic acids is 2. The van der Waals surface area contributed by atoms with Gasteiger partial charge in [-0.15, -0.1) is 0 Å². The van der Waals surface area contributed by atoms with Gasteiger partial charge in [0.1, 0.15) is 6.42 Å². The van der Waals surface area contributed by atoms with Crippen LogP contribution in [0.2, 0.25) is 0 Å². The van der Waals surface area contributed by atoms with Crippen LogP contribution in [-0.2, 0) is 9.59 Å². The highest BCUT2D eigenvalue weighted by atomic mass is 16.2. The molecule has 1 aromatic heterocycles. The first-order valence-corrected chi connectivity index (χ1v) is 7.60. The van der Waals surface area contributed by atoms with Crippen LogP contribution >= 0.6 is 0 Å². The lowest BCUT2D eigenvalue weighted by molar-refractivity contribution is -0.125. The Morgan fingerprint density at radius 3 is 2.54 bits per heavy atom. The molecule has 2 amide bonds. The fraction of sp³-hybridized carbons (Fsp3) is 0.105. The Morgan fingerprint density at radius 1 is 1.00 bits per heavy atom. The van der Waals surface area contributed by atoms with E-state index in [1.54, 1.807) is 19.3 Å². The number of fused-ring (bicyclic) bond motifs is 1. The van der Waals surface area contributed by atoms with Gasteiger partial charge in [-0.25, -0.2) is 0 Å². The van der Waals surface area contributed by atoms with Gasteiger partial charge in [0.2, 0.25) is 11.8 Å². The van der Waals surface area contributed by atoms with Crippen molar-refractivity contribution in [3.8, 4) is 0 Å². The Hall–Kier alpha value is -3.21. The average molecular weight is 319 g/mol. The van der Waals surface area contributed by atoms with Gasteiger partial charge in [-0.3, -0.25) is 14.6 Å². The van der Waals surface area contributed by atoms with Gasteiger partial charge in [0.15, 0.2) is 0 Å². The van der Waals surface area contributed by atoms with Crippen LogP contribution in [0.15, 0.2) is 66.9 Å². The molecule has 0 aliphatic carbocycles. The predicted molar refractivity (Wildman–Crippen MR) is 94.8 cm³/mol. The second-order valence-electron chi connectivity index (χ2n) is 5.39. The first kappa shape index (κ1) is 15.7. The number of pyridine rings is 1.